The Morgan fingerprint density at radius 3 is 1.33 bits per heavy atom. The van der Waals surface area contributed by atoms with Gasteiger partial charge in [-0.15, -0.1) is 0 Å². The second-order valence-corrected chi connectivity index (χ2v) is 3.52. The summed E-state index contributed by atoms with van der Waals surface area (Å²) < 4.78 is 10.7. The highest BCUT2D eigenvalue weighted by Crippen LogP contribution is 2.09. The lowest BCUT2D eigenvalue weighted by Gasteiger charge is -1.98. The molecule has 2 aromatic carbocycles. The summed E-state index contributed by atoms with van der Waals surface area (Å²) in [6, 6.07) is 19.2. The molecular formula is C16H14O2. The molecule has 0 aromatic heterocycles. The molecule has 0 fully saturated rings. The Kier molecular flexibility index (Phi) is 4.64. The smallest absolute Gasteiger partial charge is 0.126 e. The molecule has 0 aliphatic rings. The van der Waals surface area contributed by atoms with Crippen LogP contribution in [-0.4, -0.2) is 0 Å². The molecule has 90 valence electrons. The van der Waals surface area contributed by atoms with E-state index in [1.54, 1.807) is 24.7 Å². The molecule has 0 bridgehead atoms. The highest BCUT2D eigenvalue weighted by molar-refractivity contribution is 5.23. The van der Waals surface area contributed by atoms with Gasteiger partial charge >= 0.3 is 0 Å². The summed E-state index contributed by atoms with van der Waals surface area (Å²) in [5.74, 6) is 1.62. The Morgan fingerprint density at radius 2 is 0.944 bits per heavy atom. The fourth-order valence-electron chi connectivity index (χ4n) is 1.32. The molecule has 0 amide bonds. The number of hydrogen-bond donors (Lipinski definition) is 0. The predicted molar refractivity (Wildman–Crippen MR) is 72.4 cm³/mol. The first kappa shape index (κ1) is 12.0. The highest BCUT2D eigenvalue weighted by atomic mass is 16.5. The van der Waals surface area contributed by atoms with Gasteiger partial charge in [0, 0.05) is 0 Å². The molecule has 0 heterocycles. The van der Waals surface area contributed by atoms with Gasteiger partial charge in [0.25, 0.3) is 0 Å². The van der Waals surface area contributed by atoms with Crippen LogP contribution < -0.4 is 9.47 Å². The minimum absolute atomic E-state index is 0.811. The van der Waals surface area contributed by atoms with E-state index >= 15 is 0 Å². The maximum absolute atomic E-state index is 5.37. The van der Waals surface area contributed by atoms with Crippen LogP contribution in [0.15, 0.2) is 85.3 Å². The molecule has 18 heavy (non-hydrogen) atoms. The molecule has 0 atom stereocenters. The van der Waals surface area contributed by atoms with E-state index < -0.39 is 0 Å². The summed E-state index contributed by atoms with van der Waals surface area (Å²) in [7, 11) is 0. The topological polar surface area (TPSA) is 18.5 Å². The minimum Gasteiger partial charge on any atom is -0.465 e. The van der Waals surface area contributed by atoms with E-state index in [0.717, 1.165) is 11.5 Å². The lowest BCUT2D eigenvalue weighted by atomic mass is 10.3. The molecule has 0 aliphatic heterocycles. The van der Waals surface area contributed by atoms with Crippen LogP contribution in [0.4, 0.5) is 0 Å². The van der Waals surface area contributed by atoms with Crippen LogP contribution in [0, 0.1) is 0 Å². The highest BCUT2D eigenvalue weighted by Gasteiger charge is 1.85. The Morgan fingerprint density at radius 1 is 0.556 bits per heavy atom. The average Bonchev–Trinajstić information content (AvgIpc) is 2.45. The zero-order valence-electron chi connectivity index (χ0n) is 9.90. The lowest BCUT2D eigenvalue weighted by molar-refractivity contribution is 0.475. The van der Waals surface area contributed by atoms with E-state index in [1.807, 2.05) is 60.7 Å². The second-order valence-electron chi connectivity index (χ2n) is 3.52. The molecular weight excluding hydrogens is 224 g/mol. The molecule has 0 unspecified atom stereocenters. The maximum Gasteiger partial charge on any atom is 0.126 e. The predicted octanol–water partition coefficient (Wildman–Crippen LogP) is 4.17. The van der Waals surface area contributed by atoms with Crippen molar-refractivity contribution in [3.8, 4) is 11.5 Å². The van der Waals surface area contributed by atoms with Gasteiger partial charge in [-0.3, -0.25) is 0 Å². The molecule has 0 aliphatic carbocycles. The van der Waals surface area contributed by atoms with Crippen LogP contribution in [0.25, 0.3) is 0 Å². The number of allylic oxidation sites excluding steroid dienone is 2. The van der Waals surface area contributed by atoms with Gasteiger partial charge in [-0.05, 0) is 36.4 Å². The monoisotopic (exact) mass is 238 g/mol. The third-order valence-corrected chi connectivity index (χ3v) is 2.16. The number of benzene rings is 2. The van der Waals surface area contributed by atoms with Gasteiger partial charge in [0.1, 0.15) is 11.5 Å². The van der Waals surface area contributed by atoms with E-state index in [0.29, 0.717) is 0 Å². The first-order valence-electron chi connectivity index (χ1n) is 5.70. The summed E-state index contributed by atoms with van der Waals surface area (Å²) >= 11 is 0. The van der Waals surface area contributed by atoms with Gasteiger partial charge in [0.2, 0.25) is 0 Å². The quantitative estimate of drug-likeness (QED) is 0.575. The van der Waals surface area contributed by atoms with Crippen molar-refractivity contribution in [2.75, 3.05) is 0 Å². The van der Waals surface area contributed by atoms with Crippen LogP contribution in [0.5, 0.6) is 11.5 Å². The van der Waals surface area contributed by atoms with Crippen LogP contribution in [0.2, 0.25) is 0 Å². The SMILES string of the molecule is C(/C=C/Oc1ccccc1)=C\Oc1ccccc1. The lowest BCUT2D eigenvalue weighted by Crippen LogP contribution is -1.81. The van der Waals surface area contributed by atoms with E-state index in [9.17, 15) is 0 Å². The van der Waals surface area contributed by atoms with Gasteiger partial charge in [-0.1, -0.05) is 36.4 Å². The minimum atomic E-state index is 0.811. The first-order chi connectivity index (χ1) is 8.95. The van der Waals surface area contributed by atoms with E-state index in [1.165, 1.54) is 0 Å². The van der Waals surface area contributed by atoms with Gasteiger partial charge in [0.05, 0.1) is 12.5 Å². The molecule has 0 radical (unpaired) electrons. The molecule has 0 saturated carbocycles. The van der Waals surface area contributed by atoms with Gasteiger partial charge in [-0.25, -0.2) is 0 Å². The van der Waals surface area contributed by atoms with Crippen molar-refractivity contribution in [2.45, 2.75) is 0 Å². The number of rotatable bonds is 5. The Balaban J connectivity index is 1.75. The van der Waals surface area contributed by atoms with Crippen molar-refractivity contribution in [3.63, 3.8) is 0 Å². The molecule has 0 saturated heterocycles. The fourth-order valence-corrected chi connectivity index (χ4v) is 1.32. The van der Waals surface area contributed by atoms with E-state index in [-0.39, 0.29) is 0 Å². The Hall–Kier alpha value is -2.48. The molecule has 0 spiro atoms. The normalized spacial score (nSPS) is 10.9. The maximum atomic E-state index is 5.37. The molecule has 0 N–H and O–H groups in total. The van der Waals surface area contributed by atoms with Crippen LogP contribution in [-0.2, 0) is 0 Å². The summed E-state index contributed by atoms with van der Waals surface area (Å²) in [6.07, 6.45) is 6.77. The zero-order chi connectivity index (χ0) is 12.5. The number of para-hydroxylation sites is 2. The molecule has 2 aromatic rings. The summed E-state index contributed by atoms with van der Waals surface area (Å²) in [6.45, 7) is 0. The largest absolute Gasteiger partial charge is 0.465 e. The molecule has 2 rings (SSSR count). The van der Waals surface area contributed by atoms with Crippen molar-refractivity contribution in [1.29, 1.82) is 0 Å². The number of ether oxygens (including phenoxy) is 2. The van der Waals surface area contributed by atoms with E-state index in [2.05, 4.69) is 0 Å². The Labute approximate surface area is 107 Å². The van der Waals surface area contributed by atoms with Crippen molar-refractivity contribution in [1.82, 2.24) is 0 Å². The first-order valence-corrected chi connectivity index (χ1v) is 5.70. The number of hydrogen-bond acceptors (Lipinski definition) is 2. The van der Waals surface area contributed by atoms with E-state index in [4.69, 9.17) is 9.47 Å². The standard InChI is InChI=1S/C16H14O2/c1-3-9-15(10-4-1)17-13-7-8-14-18-16-11-5-2-6-12-16/h1-14H/b13-7+,14-8+. The second kappa shape index (κ2) is 6.97. The van der Waals surface area contributed by atoms with Gasteiger partial charge in [-0.2, -0.15) is 0 Å². The Bertz CT molecular complexity index is 452. The molecule has 2 heteroatoms. The molecule has 2 nitrogen and oxygen atoms in total. The van der Waals surface area contributed by atoms with Crippen molar-refractivity contribution >= 4 is 0 Å². The third kappa shape index (κ3) is 4.18. The van der Waals surface area contributed by atoms with Crippen LogP contribution >= 0.6 is 0 Å². The third-order valence-electron chi connectivity index (χ3n) is 2.16. The van der Waals surface area contributed by atoms with Crippen molar-refractivity contribution in [3.05, 3.63) is 85.3 Å². The summed E-state index contributed by atoms with van der Waals surface area (Å²) in [5.41, 5.74) is 0. The summed E-state index contributed by atoms with van der Waals surface area (Å²) in [5, 5.41) is 0. The van der Waals surface area contributed by atoms with Crippen LogP contribution in [0.1, 0.15) is 0 Å². The fraction of sp³-hybridized carbons (Fsp3) is 0. The van der Waals surface area contributed by atoms with Gasteiger partial charge < -0.3 is 9.47 Å². The average molecular weight is 238 g/mol. The van der Waals surface area contributed by atoms with Crippen molar-refractivity contribution in [2.24, 2.45) is 0 Å². The summed E-state index contributed by atoms with van der Waals surface area (Å²) in [4.78, 5) is 0. The van der Waals surface area contributed by atoms with Crippen LogP contribution in [0.3, 0.4) is 0 Å². The van der Waals surface area contributed by atoms with Gasteiger partial charge in [0.15, 0.2) is 0 Å². The van der Waals surface area contributed by atoms with Crippen molar-refractivity contribution < 1.29 is 9.47 Å². The zero-order valence-corrected chi connectivity index (χ0v) is 9.90.